The lowest BCUT2D eigenvalue weighted by molar-refractivity contribution is -0.624. The monoisotopic (exact) mass is 203 g/mol. The molecule has 0 unspecified atom stereocenters. The Hall–Kier alpha value is -1.05. The first-order valence-electron chi connectivity index (χ1n) is 6.12. The molecule has 0 bridgehead atoms. The van der Waals surface area contributed by atoms with Gasteiger partial charge in [0.1, 0.15) is 0 Å². The van der Waals surface area contributed by atoms with Crippen molar-refractivity contribution in [3.05, 3.63) is 33.8 Å². The highest BCUT2D eigenvalue weighted by molar-refractivity contribution is 5.29. The molecule has 15 heavy (non-hydrogen) atoms. The minimum absolute atomic E-state index is 0.992. The van der Waals surface area contributed by atoms with Gasteiger partial charge in [0.05, 0.1) is 0 Å². The van der Waals surface area contributed by atoms with Crippen molar-refractivity contribution >= 4 is 0 Å². The van der Waals surface area contributed by atoms with Gasteiger partial charge in [0.15, 0.2) is 11.4 Å². The third kappa shape index (κ3) is 1.43. The Morgan fingerprint density at radius 2 is 1.27 bits per heavy atom. The number of hydrogen-bond donors (Lipinski definition) is 0. The maximum atomic E-state index is 12.2. The molecule has 2 aliphatic carbocycles. The highest BCUT2D eigenvalue weighted by Gasteiger charge is 2.25. The average molecular weight is 203 g/mol. The Balaban J connectivity index is 2.16. The highest BCUT2D eigenvalue weighted by Crippen LogP contribution is 2.25. The summed E-state index contributed by atoms with van der Waals surface area (Å²) in [7, 11) is 0. The van der Waals surface area contributed by atoms with Crippen molar-refractivity contribution < 1.29 is 4.73 Å². The topological polar surface area (TPSA) is 26.9 Å². The predicted molar refractivity (Wildman–Crippen MR) is 58.7 cm³/mol. The molecule has 0 radical (unpaired) electrons. The molecule has 0 N–H and O–H groups in total. The summed E-state index contributed by atoms with van der Waals surface area (Å²) in [6, 6.07) is 2.32. The molecule has 0 saturated heterocycles. The minimum atomic E-state index is 0.992. The highest BCUT2D eigenvalue weighted by atomic mass is 16.5. The number of fused-ring (bicyclic) bond motifs is 2. The maximum Gasteiger partial charge on any atom is 0.196 e. The van der Waals surface area contributed by atoms with Crippen LogP contribution in [0, 0.1) is 5.21 Å². The normalized spacial score (nSPS) is 19.5. The minimum Gasteiger partial charge on any atom is -0.618 e. The van der Waals surface area contributed by atoms with Crippen LogP contribution >= 0.6 is 0 Å². The standard InChI is InChI=1S/C13H17NO/c15-14-12-7-3-1-5-10(12)9-11-6-2-4-8-13(11)14/h9H,1-8H2. The molecule has 1 aromatic rings. The smallest absolute Gasteiger partial charge is 0.196 e. The molecule has 80 valence electrons. The van der Waals surface area contributed by atoms with E-state index in [-0.39, 0.29) is 0 Å². The van der Waals surface area contributed by atoms with Gasteiger partial charge in [-0.05, 0) is 44.6 Å². The van der Waals surface area contributed by atoms with E-state index in [1.54, 1.807) is 0 Å². The molecule has 2 aliphatic rings. The largest absolute Gasteiger partial charge is 0.618 e. The predicted octanol–water partition coefficient (Wildman–Crippen LogP) is 2.08. The van der Waals surface area contributed by atoms with Crippen LogP contribution in [-0.4, -0.2) is 0 Å². The first-order chi connectivity index (χ1) is 7.36. The summed E-state index contributed by atoms with van der Waals surface area (Å²) < 4.78 is 1.27. The fourth-order valence-electron chi connectivity index (χ4n) is 2.97. The average Bonchev–Trinajstić information content (AvgIpc) is 2.30. The van der Waals surface area contributed by atoms with E-state index in [0.717, 1.165) is 37.1 Å². The zero-order valence-corrected chi connectivity index (χ0v) is 9.09. The third-order valence-corrected chi connectivity index (χ3v) is 3.80. The molecule has 3 rings (SSSR count). The summed E-state index contributed by atoms with van der Waals surface area (Å²) in [5, 5.41) is 12.2. The molecular weight excluding hydrogens is 186 g/mol. The van der Waals surface area contributed by atoms with E-state index in [2.05, 4.69) is 6.07 Å². The van der Waals surface area contributed by atoms with Crippen LogP contribution in [0.1, 0.15) is 48.2 Å². The summed E-state index contributed by atoms with van der Waals surface area (Å²) in [5.41, 5.74) is 4.80. The van der Waals surface area contributed by atoms with Crippen LogP contribution < -0.4 is 4.73 Å². The van der Waals surface area contributed by atoms with Gasteiger partial charge >= 0.3 is 0 Å². The third-order valence-electron chi connectivity index (χ3n) is 3.80. The summed E-state index contributed by atoms with van der Waals surface area (Å²) in [6.45, 7) is 0. The molecule has 0 fully saturated rings. The summed E-state index contributed by atoms with van der Waals surface area (Å²) >= 11 is 0. The van der Waals surface area contributed by atoms with E-state index < -0.39 is 0 Å². The lowest BCUT2D eigenvalue weighted by atomic mass is 9.89. The second kappa shape index (κ2) is 3.51. The van der Waals surface area contributed by atoms with Gasteiger partial charge in [-0.15, -0.1) is 0 Å². The van der Waals surface area contributed by atoms with Crippen LogP contribution in [-0.2, 0) is 25.7 Å². The van der Waals surface area contributed by atoms with Crippen molar-refractivity contribution in [3.8, 4) is 0 Å². The first kappa shape index (κ1) is 9.20. The first-order valence-corrected chi connectivity index (χ1v) is 6.12. The van der Waals surface area contributed by atoms with Crippen LogP contribution in [0.25, 0.3) is 0 Å². The molecule has 1 aromatic heterocycles. The fraction of sp³-hybridized carbons (Fsp3) is 0.615. The van der Waals surface area contributed by atoms with E-state index in [1.807, 2.05) is 0 Å². The number of aryl methyl sites for hydroxylation is 2. The van der Waals surface area contributed by atoms with E-state index >= 15 is 0 Å². The quantitative estimate of drug-likeness (QED) is 0.468. The maximum absolute atomic E-state index is 12.2. The zero-order valence-electron chi connectivity index (χ0n) is 9.09. The number of aromatic nitrogens is 1. The van der Waals surface area contributed by atoms with Crippen LogP contribution in [0.15, 0.2) is 6.07 Å². The molecule has 0 aliphatic heterocycles. The number of hydrogen-bond acceptors (Lipinski definition) is 1. The van der Waals surface area contributed by atoms with E-state index in [9.17, 15) is 5.21 Å². The lowest BCUT2D eigenvalue weighted by Crippen LogP contribution is -2.41. The fourth-order valence-corrected chi connectivity index (χ4v) is 2.97. The molecule has 2 nitrogen and oxygen atoms in total. The Morgan fingerprint density at radius 3 is 1.80 bits per heavy atom. The van der Waals surface area contributed by atoms with Gasteiger partial charge in [0.25, 0.3) is 0 Å². The molecular formula is C13H17NO. The molecule has 0 aromatic carbocycles. The number of nitrogens with zero attached hydrogens (tertiary/aromatic N) is 1. The molecule has 2 heteroatoms. The van der Waals surface area contributed by atoms with Crippen LogP contribution in [0.2, 0.25) is 0 Å². The van der Waals surface area contributed by atoms with E-state index in [0.29, 0.717) is 0 Å². The van der Waals surface area contributed by atoms with E-state index in [4.69, 9.17) is 0 Å². The molecule has 0 spiro atoms. The van der Waals surface area contributed by atoms with Crippen molar-refractivity contribution in [2.24, 2.45) is 0 Å². The van der Waals surface area contributed by atoms with Crippen molar-refractivity contribution in [3.63, 3.8) is 0 Å². The molecule has 0 amide bonds. The van der Waals surface area contributed by atoms with Gasteiger partial charge in [-0.2, -0.15) is 4.73 Å². The van der Waals surface area contributed by atoms with Crippen molar-refractivity contribution in [1.82, 2.24) is 0 Å². The second-order valence-corrected chi connectivity index (χ2v) is 4.80. The van der Waals surface area contributed by atoms with Crippen LogP contribution in [0.5, 0.6) is 0 Å². The van der Waals surface area contributed by atoms with Gasteiger partial charge in [-0.1, -0.05) is 0 Å². The Labute approximate surface area is 90.5 Å². The van der Waals surface area contributed by atoms with Crippen LogP contribution in [0.4, 0.5) is 0 Å². The summed E-state index contributed by atoms with van der Waals surface area (Å²) in [4.78, 5) is 0. The van der Waals surface area contributed by atoms with Gasteiger partial charge in [0.2, 0.25) is 0 Å². The lowest BCUT2D eigenvalue weighted by Gasteiger charge is -2.22. The van der Waals surface area contributed by atoms with Gasteiger partial charge in [-0.3, -0.25) is 0 Å². The summed E-state index contributed by atoms with van der Waals surface area (Å²) in [5.74, 6) is 0. The molecule has 1 heterocycles. The SMILES string of the molecule is [O-][n+]1c2c(cc3c1CCCC3)CCCC2. The van der Waals surface area contributed by atoms with Gasteiger partial charge in [0, 0.05) is 24.0 Å². The molecule has 0 atom stereocenters. The number of rotatable bonds is 0. The Bertz CT molecular complexity index is 364. The molecule has 0 saturated carbocycles. The second-order valence-electron chi connectivity index (χ2n) is 4.80. The summed E-state index contributed by atoms with van der Waals surface area (Å²) in [6.07, 6.45) is 9.10. The Kier molecular flexibility index (Phi) is 2.15. The van der Waals surface area contributed by atoms with Crippen LogP contribution in [0.3, 0.4) is 0 Å². The Morgan fingerprint density at radius 1 is 0.800 bits per heavy atom. The van der Waals surface area contributed by atoms with Crippen molar-refractivity contribution in [1.29, 1.82) is 0 Å². The van der Waals surface area contributed by atoms with Crippen molar-refractivity contribution in [2.45, 2.75) is 51.4 Å². The van der Waals surface area contributed by atoms with E-state index in [1.165, 1.54) is 41.5 Å². The number of pyridine rings is 1. The van der Waals surface area contributed by atoms with Gasteiger partial charge < -0.3 is 5.21 Å². The van der Waals surface area contributed by atoms with Gasteiger partial charge in [-0.25, -0.2) is 0 Å². The van der Waals surface area contributed by atoms with Crippen molar-refractivity contribution in [2.75, 3.05) is 0 Å². The zero-order chi connectivity index (χ0) is 10.3.